The third-order valence-electron chi connectivity index (χ3n) is 2.14. The van der Waals surface area contributed by atoms with Crippen LogP contribution >= 0.6 is 15.9 Å². The van der Waals surface area contributed by atoms with Gasteiger partial charge in [-0.25, -0.2) is 0 Å². The summed E-state index contributed by atoms with van der Waals surface area (Å²) in [6.45, 7) is 0.410. The molecule has 4 heteroatoms. The van der Waals surface area contributed by atoms with Gasteiger partial charge in [0, 0.05) is 24.5 Å². The number of nitrogens with two attached hydrogens (primary N) is 1. The molecule has 0 radical (unpaired) electrons. The van der Waals surface area contributed by atoms with Crippen molar-refractivity contribution in [2.75, 3.05) is 0 Å². The van der Waals surface area contributed by atoms with E-state index in [0.29, 0.717) is 6.54 Å². The van der Waals surface area contributed by atoms with Gasteiger partial charge in [0.25, 0.3) is 0 Å². The molecule has 0 amide bonds. The van der Waals surface area contributed by atoms with Gasteiger partial charge < -0.3 is 10.5 Å². The fourth-order valence-corrected chi connectivity index (χ4v) is 1.68. The van der Waals surface area contributed by atoms with E-state index in [4.69, 9.17) is 10.5 Å². The first kappa shape index (κ1) is 11.1. The minimum absolute atomic E-state index is 0.410. The normalized spacial score (nSPS) is 10.1. The summed E-state index contributed by atoms with van der Waals surface area (Å²) in [7, 11) is 0. The van der Waals surface area contributed by atoms with E-state index in [0.717, 1.165) is 21.5 Å². The summed E-state index contributed by atoms with van der Waals surface area (Å²) in [6, 6.07) is 9.49. The lowest BCUT2D eigenvalue weighted by Gasteiger charge is -2.10. The van der Waals surface area contributed by atoms with Crippen molar-refractivity contribution in [3.63, 3.8) is 0 Å². The first-order valence-corrected chi connectivity index (χ1v) is 5.66. The number of halogens is 1. The van der Waals surface area contributed by atoms with Crippen LogP contribution in [0.4, 0.5) is 0 Å². The number of benzene rings is 1. The van der Waals surface area contributed by atoms with Crippen LogP contribution in [0, 0.1) is 0 Å². The summed E-state index contributed by atoms with van der Waals surface area (Å²) < 4.78 is 6.68. The summed E-state index contributed by atoms with van der Waals surface area (Å²) in [4.78, 5) is 4.01. The van der Waals surface area contributed by atoms with Gasteiger partial charge in [-0.05, 0) is 34.1 Å². The molecule has 2 aromatic rings. The average Bonchev–Trinajstić information content (AvgIpc) is 2.33. The first-order chi connectivity index (χ1) is 7.81. The molecule has 0 bridgehead atoms. The number of para-hydroxylation sites is 1. The van der Waals surface area contributed by atoms with Crippen LogP contribution in [-0.4, -0.2) is 4.98 Å². The van der Waals surface area contributed by atoms with Crippen LogP contribution < -0.4 is 10.5 Å². The maximum absolute atomic E-state index is 5.76. The maximum atomic E-state index is 5.76. The summed E-state index contributed by atoms with van der Waals surface area (Å²) in [6.07, 6.45) is 3.40. The molecule has 0 saturated carbocycles. The van der Waals surface area contributed by atoms with E-state index < -0.39 is 0 Å². The molecule has 2 rings (SSSR count). The quantitative estimate of drug-likeness (QED) is 0.939. The number of hydrogen-bond acceptors (Lipinski definition) is 3. The lowest BCUT2D eigenvalue weighted by molar-refractivity contribution is 0.472. The zero-order valence-corrected chi connectivity index (χ0v) is 10.1. The number of nitrogens with zero attached hydrogens (tertiary/aromatic N) is 1. The molecule has 0 aliphatic carbocycles. The number of rotatable bonds is 3. The van der Waals surface area contributed by atoms with Crippen molar-refractivity contribution in [2.45, 2.75) is 6.54 Å². The highest BCUT2D eigenvalue weighted by molar-refractivity contribution is 9.10. The largest absolute Gasteiger partial charge is 0.456 e. The lowest BCUT2D eigenvalue weighted by atomic mass is 10.2. The monoisotopic (exact) mass is 278 g/mol. The molecule has 1 heterocycles. The number of hydrogen-bond donors (Lipinski definition) is 1. The van der Waals surface area contributed by atoms with Gasteiger partial charge in [-0.3, -0.25) is 4.98 Å². The van der Waals surface area contributed by atoms with E-state index in [-0.39, 0.29) is 0 Å². The number of aromatic nitrogens is 1. The van der Waals surface area contributed by atoms with E-state index in [1.807, 2.05) is 30.3 Å². The summed E-state index contributed by atoms with van der Waals surface area (Å²) in [5.41, 5.74) is 6.50. The predicted molar refractivity (Wildman–Crippen MR) is 66.3 cm³/mol. The van der Waals surface area contributed by atoms with Gasteiger partial charge in [0.1, 0.15) is 11.5 Å². The second-order valence-electron chi connectivity index (χ2n) is 3.22. The van der Waals surface area contributed by atoms with E-state index in [1.165, 1.54) is 0 Å². The Morgan fingerprint density at radius 3 is 2.75 bits per heavy atom. The Hall–Kier alpha value is -1.39. The van der Waals surface area contributed by atoms with Crippen molar-refractivity contribution in [3.05, 3.63) is 52.8 Å². The molecule has 0 atom stereocenters. The molecular weight excluding hydrogens is 268 g/mol. The molecular formula is C12H11BrN2O. The second-order valence-corrected chi connectivity index (χ2v) is 4.07. The summed E-state index contributed by atoms with van der Waals surface area (Å²) in [5.74, 6) is 1.51. The van der Waals surface area contributed by atoms with Gasteiger partial charge in [0.2, 0.25) is 0 Å². The van der Waals surface area contributed by atoms with Crippen LogP contribution in [-0.2, 0) is 6.54 Å². The molecule has 0 fully saturated rings. The summed E-state index contributed by atoms with van der Waals surface area (Å²) >= 11 is 3.43. The van der Waals surface area contributed by atoms with E-state index >= 15 is 0 Å². The van der Waals surface area contributed by atoms with Crippen molar-refractivity contribution < 1.29 is 4.74 Å². The van der Waals surface area contributed by atoms with Crippen LogP contribution in [0.25, 0.3) is 0 Å². The Bertz CT molecular complexity index is 488. The molecule has 1 aromatic heterocycles. The topological polar surface area (TPSA) is 48.1 Å². The Balaban J connectivity index is 2.30. The molecule has 3 nitrogen and oxygen atoms in total. The zero-order chi connectivity index (χ0) is 11.4. The Morgan fingerprint density at radius 1 is 1.19 bits per heavy atom. The number of ether oxygens (including phenoxy) is 1. The van der Waals surface area contributed by atoms with Crippen LogP contribution in [0.5, 0.6) is 11.5 Å². The first-order valence-electron chi connectivity index (χ1n) is 4.86. The highest BCUT2D eigenvalue weighted by atomic mass is 79.9. The third kappa shape index (κ3) is 2.40. The zero-order valence-electron chi connectivity index (χ0n) is 8.56. The van der Waals surface area contributed by atoms with E-state index in [2.05, 4.69) is 20.9 Å². The van der Waals surface area contributed by atoms with Crippen molar-refractivity contribution in [1.82, 2.24) is 4.98 Å². The standard InChI is InChI=1S/C12H11BrN2O/c13-10-3-1-2-4-12(10)16-11-5-6-15-8-9(11)7-14/h1-6,8H,7,14H2. The minimum Gasteiger partial charge on any atom is -0.456 e. The molecule has 2 N–H and O–H groups in total. The lowest BCUT2D eigenvalue weighted by Crippen LogP contribution is -2.00. The third-order valence-corrected chi connectivity index (χ3v) is 2.79. The highest BCUT2D eigenvalue weighted by Gasteiger charge is 2.05. The molecule has 16 heavy (non-hydrogen) atoms. The van der Waals surface area contributed by atoms with Gasteiger partial charge in [-0.15, -0.1) is 0 Å². The Morgan fingerprint density at radius 2 is 2.00 bits per heavy atom. The average molecular weight is 279 g/mol. The molecule has 82 valence electrons. The minimum atomic E-state index is 0.410. The predicted octanol–water partition coefficient (Wildman–Crippen LogP) is 3.10. The van der Waals surface area contributed by atoms with Gasteiger partial charge in [0.15, 0.2) is 0 Å². The molecule has 0 unspecified atom stereocenters. The molecule has 0 spiro atoms. The van der Waals surface area contributed by atoms with Crippen molar-refractivity contribution in [1.29, 1.82) is 0 Å². The number of pyridine rings is 1. The fraction of sp³-hybridized carbons (Fsp3) is 0.0833. The molecule has 0 saturated heterocycles. The van der Waals surface area contributed by atoms with E-state index in [1.54, 1.807) is 12.4 Å². The van der Waals surface area contributed by atoms with Crippen LogP contribution in [0.3, 0.4) is 0 Å². The molecule has 1 aromatic carbocycles. The molecule has 0 aliphatic rings. The van der Waals surface area contributed by atoms with Crippen LogP contribution in [0.15, 0.2) is 47.2 Å². The van der Waals surface area contributed by atoms with Crippen molar-refractivity contribution >= 4 is 15.9 Å². The fourth-order valence-electron chi connectivity index (χ4n) is 1.31. The van der Waals surface area contributed by atoms with Gasteiger partial charge in [-0.1, -0.05) is 12.1 Å². The Labute approximate surface area is 102 Å². The van der Waals surface area contributed by atoms with Crippen LogP contribution in [0.1, 0.15) is 5.56 Å². The second kappa shape index (κ2) is 5.09. The summed E-state index contributed by atoms with van der Waals surface area (Å²) in [5, 5.41) is 0. The highest BCUT2D eigenvalue weighted by Crippen LogP contribution is 2.30. The molecule has 0 aliphatic heterocycles. The van der Waals surface area contributed by atoms with Gasteiger partial charge >= 0.3 is 0 Å². The van der Waals surface area contributed by atoms with Crippen LogP contribution in [0.2, 0.25) is 0 Å². The smallest absolute Gasteiger partial charge is 0.141 e. The van der Waals surface area contributed by atoms with Gasteiger partial charge in [0.05, 0.1) is 4.47 Å². The van der Waals surface area contributed by atoms with Crippen molar-refractivity contribution in [3.8, 4) is 11.5 Å². The van der Waals surface area contributed by atoms with E-state index in [9.17, 15) is 0 Å². The Kier molecular flexibility index (Phi) is 3.54. The van der Waals surface area contributed by atoms with Crippen molar-refractivity contribution in [2.24, 2.45) is 5.73 Å². The SMILES string of the molecule is NCc1cnccc1Oc1ccccc1Br. The maximum Gasteiger partial charge on any atom is 0.141 e. The van der Waals surface area contributed by atoms with Gasteiger partial charge in [-0.2, -0.15) is 0 Å².